The highest BCUT2D eigenvalue weighted by atomic mass is 14.7. The third-order valence-electron chi connectivity index (χ3n) is 5.43. The quantitative estimate of drug-likeness (QED) is 0.510. The zero-order valence-corrected chi connectivity index (χ0v) is 15.8. The Balaban J connectivity index is 2.54. The first-order valence-corrected chi connectivity index (χ1v) is 9.57. The van der Waals surface area contributed by atoms with Crippen molar-refractivity contribution in [2.75, 3.05) is 0 Å². The summed E-state index contributed by atoms with van der Waals surface area (Å²) in [6.45, 7) is 11.4. The zero-order chi connectivity index (χ0) is 17.3. The van der Waals surface area contributed by atoms with Crippen molar-refractivity contribution in [1.29, 1.82) is 0 Å². The van der Waals surface area contributed by atoms with Gasteiger partial charge >= 0.3 is 0 Å². The monoisotopic (exact) mass is 319 g/mol. The first-order valence-electron chi connectivity index (χ1n) is 9.57. The Kier molecular flexibility index (Phi) is 4.89. The summed E-state index contributed by atoms with van der Waals surface area (Å²) in [6.07, 6.45) is 5.39. The minimum atomic E-state index is 1.03. The molecule has 0 aliphatic carbocycles. The topological polar surface area (TPSA) is 12.9 Å². The van der Waals surface area contributed by atoms with Gasteiger partial charge in [0, 0.05) is 10.8 Å². The molecule has 0 amide bonds. The maximum absolute atomic E-state index is 5.21. The van der Waals surface area contributed by atoms with Gasteiger partial charge in [-0.05, 0) is 66.0 Å². The average molecular weight is 319 g/mol. The van der Waals surface area contributed by atoms with E-state index in [0.717, 1.165) is 32.1 Å². The first-order chi connectivity index (χ1) is 11.7. The van der Waals surface area contributed by atoms with E-state index in [1.807, 2.05) is 0 Å². The Morgan fingerprint density at radius 1 is 0.667 bits per heavy atom. The number of hydrogen-bond acceptors (Lipinski definition) is 1. The van der Waals surface area contributed by atoms with Crippen LogP contribution in [0.5, 0.6) is 0 Å². The zero-order valence-electron chi connectivity index (χ0n) is 15.8. The summed E-state index contributed by atoms with van der Waals surface area (Å²) in [6, 6.07) is 9.00. The standard InChI is InChI=1S/C23H29N/c1-6-15-12-11-13-16-14-21-19(9-4)17(7-2)18(8-3)20(10-5)23(21)24-22(15)16/h11-14H,6-10H2,1-5H3. The van der Waals surface area contributed by atoms with Gasteiger partial charge in [0.2, 0.25) is 0 Å². The number of para-hydroxylation sites is 1. The van der Waals surface area contributed by atoms with Gasteiger partial charge in [0.05, 0.1) is 11.0 Å². The molecule has 126 valence electrons. The second-order valence-electron chi connectivity index (χ2n) is 6.56. The van der Waals surface area contributed by atoms with Crippen LogP contribution < -0.4 is 0 Å². The van der Waals surface area contributed by atoms with Gasteiger partial charge in [-0.15, -0.1) is 0 Å². The second kappa shape index (κ2) is 6.93. The van der Waals surface area contributed by atoms with Crippen molar-refractivity contribution in [3.8, 4) is 0 Å². The van der Waals surface area contributed by atoms with Crippen molar-refractivity contribution >= 4 is 21.8 Å². The number of benzene rings is 2. The van der Waals surface area contributed by atoms with Crippen LogP contribution in [0.4, 0.5) is 0 Å². The van der Waals surface area contributed by atoms with Crippen molar-refractivity contribution in [3.05, 3.63) is 52.1 Å². The third-order valence-corrected chi connectivity index (χ3v) is 5.43. The van der Waals surface area contributed by atoms with Crippen LogP contribution in [0.1, 0.15) is 62.4 Å². The summed E-state index contributed by atoms with van der Waals surface area (Å²) in [4.78, 5) is 5.21. The fourth-order valence-electron chi connectivity index (χ4n) is 4.31. The van der Waals surface area contributed by atoms with Gasteiger partial charge in [0.15, 0.2) is 0 Å². The van der Waals surface area contributed by atoms with Gasteiger partial charge in [0.1, 0.15) is 0 Å². The van der Waals surface area contributed by atoms with Crippen LogP contribution in [0.25, 0.3) is 21.8 Å². The van der Waals surface area contributed by atoms with E-state index in [2.05, 4.69) is 58.9 Å². The summed E-state index contributed by atoms with van der Waals surface area (Å²) in [5.41, 5.74) is 9.88. The van der Waals surface area contributed by atoms with Crippen LogP contribution >= 0.6 is 0 Å². The molecule has 3 rings (SSSR count). The highest BCUT2D eigenvalue weighted by molar-refractivity contribution is 5.98. The van der Waals surface area contributed by atoms with E-state index in [-0.39, 0.29) is 0 Å². The number of nitrogens with zero attached hydrogens (tertiary/aromatic N) is 1. The summed E-state index contributed by atoms with van der Waals surface area (Å²) < 4.78 is 0. The summed E-state index contributed by atoms with van der Waals surface area (Å²) >= 11 is 0. The molecule has 0 saturated carbocycles. The molecule has 1 heterocycles. The summed E-state index contributed by atoms with van der Waals surface area (Å²) in [5, 5.41) is 2.66. The highest BCUT2D eigenvalue weighted by Crippen LogP contribution is 2.34. The molecule has 0 spiro atoms. The molecule has 1 aromatic heterocycles. The molecular weight excluding hydrogens is 290 g/mol. The molecule has 1 heteroatoms. The molecule has 0 saturated heterocycles. The van der Waals surface area contributed by atoms with Crippen LogP contribution in [0.3, 0.4) is 0 Å². The summed E-state index contributed by atoms with van der Waals surface area (Å²) in [7, 11) is 0. The van der Waals surface area contributed by atoms with E-state index in [4.69, 9.17) is 4.98 Å². The van der Waals surface area contributed by atoms with Gasteiger partial charge in [-0.25, -0.2) is 4.98 Å². The Morgan fingerprint density at radius 2 is 1.29 bits per heavy atom. The molecular formula is C23H29N. The Labute approximate surface area is 146 Å². The fraction of sp³-hybridized carbons (Fsp3) is 0.435. The SMILES string of the molecule is CCc1c(CC)c(CC)c2nc3c(CC)cccc3cc2c1CC. The number of aryl methyl sites for hydroxylation is 3. The Morgan fingerprint density at radius 3 is 1.88 bits per heavy atom. The maximum atomic E-state index is 5.21. The lowest BCUT2D eigenvalue weighted by atomic mass is 9.86. The van der Waals surface area contributed by atoms with Crippen molar-refractivity contribution in [2.45, 2.75) is 66.7 Å². The number of hydrogen-bond donors (Lipinski definition) is 0. The number of rotatable bonds is 5. The number of fused-ring (bicyclic) bond motifs is 2. The van der Waals surface area contributed by atoms with Gasteiger partial charge in [-0.2, -0.15) is 0 Å². The van der Waals surface area contributed by atoms with Gasteiger partial charge in [-0.3, -0.25) is 0 Å². The molecule has 0 atom stereocenters. The van der Waals surface area contributed by atoms with E-state index in [0.29, 0.717) is 0 Å². The number of pyridine rings is 1. The molecule has 0 aliphatic heterocycles. The van der Waals surface area contributed by atoms with Gasteiger partial charge in [0.25, 0.3) is 0 Å². The Bertz CT molecular complexity index is 890. The molecule has 3 aromatic rings. The van der Waals surface area contributed by atoms with Crippen molar-refractivity contribution < 1.29 is 0 Å². The molecule has 0 unspecified atom stereocenters. The second-order valence-corrected chi connectivity index (χ2v) is 6.56. The molecule has 0 radical (unpaired) electrons. The van der Waals surface area contributed by atoms with E-state index in [9.17, 15) is 0 Å². The molecule has 1 nitrogen and oxygen atoms in total. The molecule has 0 fully saturated rings. The first kappa shape index (κ1) is 17.0. The molecule has 2 aromatic carbocycles. The molecule has 24 heavy (non-hydrogen) atoms. The van der Waals surface area contributed by atoms with Crippen LogP contribution in [0.2, 0.25) is 0 Å². The van der Waals surface area contributed by atoms with E-state index < -0.39 is 0 Å². The molecule has 0 N–H and O–H groups in total. The highest BCUT2D eigenvalue weighted by Gasteiger charge is 2.17. The Hall–Kier alpha value is -1.89. The predicted molar refractivity (Wildman–Crippen MR) is 106 cm³/mol. The average Bonchev–Trinajstić information content (AvgIpc) is 2.63. The minimum absolute atomic E-state index is 1.03. The van der Waals surface area contributed by atoms with E-state index in [1.54, 1.807) is 11.1 Å². The van der Waals surface area contributed by atoms with E-state index >= 15 is 0 Å². The lowest BCUT2D eigenvalue weighted by Crippen LogP contribution is -2.06. The smallest absolute Gasteiger partial charge is 0.0747 e. The lowest BCUT2D eigenvalue weighted by molar-refractivity contribution is 0.957. The van der Waals surface area contributed by atoms with Crippen molar-refractivity contribution in [2.24, 2.45) is 0 Å². The van der Waals surface area contributed by atoms with Crippen molar-refractivity contribution in [3.63, 3.8) is 0 Å². The molecule has 0 aliphatic rings. The summed E-state index contributed by atoms with van der Waals surface area (Å²) in [5.74, 6) is 0. The largest absolute Gasteiger partial charge is 0.247 e. The van der Waals surface area contributed by atoms with Crippen LogP contribution in [0.15, 0.2) is 24.3 Å². The predicted octanol–water partition coefficient (Wildman–Crippen LogP) is 6.20. The van der Waals surface area contributed by atoms with E-state index in [1.165, 1.54) is 38.5 Å². The minimum Gasteiger partial charge on any atom is -0.247 e. The normalized spacial score (nSPS) is 11.5. The molecule has 0 bridgehead atoms. The maximum Gasteiger partial charge on any atom is 0.0747 e. The number of aromatic nitrogens is 1. The lowest BCUT2D eigenvalue weighted by Gasteiger charge is -2.20. The third kappa shape index (κ3) is 2.51. The fourth-order valence-corrected chi connectivity index (χ4v) is 4.31. The van der Waals surface area contributed by atoms with Gasteiger partial charge in [-0.1, -0.05) is 52.8 Å². The van der Waals surface area contributed by atoms with Gasteiger partial charge < -0.3 is 0 Å². The van der Waals surface area contributed by atoms with Crippen LogP contribution in [-0.2, 0) is 32.1 Å². The van der Waals surface area contributed by atoms with Crippen LogP contribution in [-0.4, -0.2) is 4.98 Å². The van der Waals surface area contributed by atoms with Crippen molar-refractivity contribution in [1.82, 2.24) is 4.98 Å². The van der Waals surface area contributed by atoms with Crippen LogP contribution in [0, 0.1) is 0 Å².